The lowest BCUT2D eigenvalue weighted by molar-refractivity contribution is -0.139. The third kappa shape index (κ3) is 4.83. The van der Waals surface area contributed by atoms with Crippen LogP contribution in [0.15, 0.2) is 67.3 Å². The van der Waals surface area contributed by atoms with Crippen molar-refractivity contribution in [3.05, 3.63) is 83.9 Å². The first-order valence-corrected chi connectivity index (χ1v) is 9.08. The van der Waals surface area contributed by atoms with Crippen molar-refractivity contribution in [2.45, 2.75) is 19.0 Å². The van der Waals surface area contributed by atoms with Gasteiger partial charge in [-0.25, -0.2) is 0 Å². The van der Waals surface area contributed by atoms with Crippen molar-refractivity contribution in [2.75, 3.05) is 19.8 Å². The minimum atomic E-state index is -0.228. The fraction of sp³-hybridized carbons (Fsp3) is 0.273. The van der Waals surface area contributed by atoms with E-state index in [2.05, 4.69) is 11.9 Å². The van der Waals surface area contributed by atoms with Crippen LogP contribution in [0.3, 0.4) is 0 Å². The van der Waals surface area contributed by atoms with Crippen LogP contribution < -0.4 is 5.32 Å². The van der Waals surface area contributed by atoms with Crippen molar-refractivity contribution in [1.29, 1.82) is 0 Å². The number of ether oxygens (including phenoxy) is 1. The molecule has 1 saturated heterocycles. The molecule has 0 spiro atoms. The molecule has 1 aliphatic rings. The van der Waals surface area contributed by atoms with Gasteiger partial charge in [0.15, 0.2) is 0 Å². The first-order valence-electron chi connectivity index (χ1n) is 9.08. The predicted octanol–water partition coefficient (Wildman–Crippen LogP) is 2.63. The van der Waals surface area contributed by atoms with E-state index >= 15 is 0 Å². The smallest absolute Gasteiger partial charge is 0.243 e. The highest BCUT2D eigenvalue weighted by Gasteiger charge is 2.28. The Kier molecular flexibility index (Phi) is 6.39. The zero-order chi connectivity index (χ0) is 19.1. The maximum Gasteiger partial charge on any atom is 0.243 e. The Morgan fingerprint density at radius 3 is 2.56 bits per heavy atom. The van der Waals surface area contributed by atoms with E-state index in [1.807, 2.05) is 59.5 Å². The molecule has 5 heteroatoms. The average molecular weight is 364 g/mol. The molecule has 0 bridgehead atoms. The third-order valence-corrected chi connectivity index (χ3v) is 4.73. The first kappa shape index (κ1) is 18.9. The topological polar surface area (TPSA) is 58.6 Å². The zero-order valence-electron chi connectivity index (χ0n) is 15.3. The SMILES string of the molecule is C=CC(=O)NCc1ccccc1CC(=O)N1CCOCC1c1ccccc1. The Morgan fingerprint density at radius 1 is 1.11 bits per heavy atom. The minimum Gasteiger partial charge on any atom is -0.377 e. The van der Waals surface area contributed by atoms with Crippen molar-refractivity contribution in [2.24, 2.45) is 0 Å². The summed E-state index contributed by atoms with van der Waals surface area (Å²) in [5, 5.41) is 2.77. The number of nitrogens with zero attached hydrogens (tertiary/aromatic N) is 1. The molecule has 0 aliphatic carbocycles. The second-order valence-electron chi connectivity index (χ2n) is 6.46. The minimum absolute atomic E-state index is 0.0645. The molecule has 0 saturated carbocycles. The Morgan fingerprint density at radius 2 is 1.81 bits per heavy atom. The molecule has 0 aromatic heterocycles. The summed E-state index contributed by atoms with van der Waals surface area (Å²) in [4.78, 5) is 26.4. The highest BCUT2D eigenvalue weighted by molar-refractivity contribution is 5.86. The summed E-state index contributed by atoms with van der Waals surface area (Å²) in [6.07, 6.45) is 1.54. The fourth-order valence-electron chi connectivity index (χ4n) is 3.27. The standard InChI is InChI=1S/C22H24N2O3/c1-2-21(25)23-15-19-11-7-6-10-18(19)14-22(26)24-12-13-27-16-20(24)17-8-4-3-5-9-17/h2-11,20H,1,12-16H2,(H,23,25). The largest absolute Gasteiger partial charge is 0.377 e. The summed E-state index contributed by atoms with van der Waals surface area (Å²) in [5.41, 5.74) is 2.94. The Bertz CT molecular complexity index is 804. The molecule has 2 amide bonds. The normalized spacial score (nSPS) is 16.6. The second-order valence-corrected chi connectivity index (χ2v) is 6.46. The highest BCUT2D eigenvalue weighted by atomic mass is 16.5. The van der Waals surface area contributed by atoms with Gasteiger partial charge < -0.3 is 15.0 Å². The molecule has 1 N–H and O–H groups in total. The third-order valence-electron chi connectivity index (χ3n) is 4.73. The molecular weight excluding hydrogens is 340 g/mol. The number of morpholine rings is 1. The summed E-state index contributed by atoms with van der Waals surface area (Å²) in [5.74, 6) is -0.164. The zero-order valence-corrected chi connectivity index (χ0v) is 15.3. The summed E-state index contributed by atoms with van der Waals surface area (Å²) in [6, 6.07) is 17.6. The number of hydrogen-bond acceptors (Lipinski definition) is 3. The van der Waals surface area contributed by atoms with Crippen LogP contribution in [0.5, 0.6) is 0 Å². The van der Waals surface area contributed by atoms with Gasteiger partial charge in [-0.15, -0.1) is 0 Å². The van der Waals surface area contributed by atoms with Gasteiger partial charge in [0.2, 0.25) is 11.8 Å². The molecular formula is C22H24N2O3. The van der Waals surface area contributed by atoms with Gasteiger partial charge in [0.25, 0.3) is 0 Å². The van der Waals surface area contributed by atoms with E-state index in [0.29, 0.717) is 32.7 Å². The molecule has 140 valence electrons. The summed E-state index contributed by atoms with van der Waals surface area (Å²) < 4.78 is 5.62. The van der Waals surface area contributed by atoms with E-state index in [4.69, 9.17) is 4.74 Å². The first-order chi connectivity index (χ1) is 13.2. The van der Waals surface area contributed by atoms with Crippen LogP contribution in [0, 0.1) is 0 Å². The molecule has 27 heavy (non-hydrogen) atoms. The summed E-state index contributed by atoms with van der Waals surface area (Å²) >= 11 is 0. The number of hydrogen-bond donors (Lipinski definition) is 1. The summed E-state index contributed by atoms with van der Waals surface area (Å²) in [6.45, 7) is 5.46. The molecule has 1 atom stereocenters. The molecule has 5 nitrogen and oxygen atoms in total. The van der Waals surface area contributed by atoms with Gasteiger partial charge in [0.1, 0.15) is 0 Å². The van der Waals surface area contributed by atoms with Crippen LogP contribution in [0.25, 0.3) is 0 Å². The van der Waals surface area contributed by atoms with E-state index in [1.54, 1.807) is 0 Å². The average Bonchev–Trinajstić information content (AvgIpc) is 2.73. The highest BCUT2D eigenvalue weighted by Crippen LogP contribution is 2.25. The molecule has 1 fully saturated rings. The molecule has 0 radical (unpaired) electrons. The van der Waals surface area contributed by atoms with E-state index in [-0.39, 0.29) is 17.9 Å². The van der Waals surface area contributed by atoms with Crippen LogP contribution in [-0.4, -0.2) is 36.5 Å². The van der Waals surface area contributed by atoms with Crippen molar-refractivity contribution in [3.8, 4) is 0 Å². The van der Waals surface area contributed by atoms with Crippen LogP contribution in [0.4, 0.5) is 0 Å². The van der Waals surface area contributed by atoms with E-state index in [0.717, 1.165) is 16.7 Å². The van der Waals surface area contributed by atoms with Gasteiger partial charge in [0.05, 0.1) is 25.7 Å². The molecule has 1 aliphatic heterocycles. The monoisotopic (exact) mass is 364 g/mol. The van der Waals surface area contributed by atoms with Crippen molar-refractivity contribution in [3.63, 3.8) is 0 Å². The Balaban J connectivity index is 1.74. The van der Waals surface area contributed by atoms with E-state index in [9.17, 15) is 9.59 Å². The number of amides is 2. The van der Waals surface area contributed by atoms with Gasteiger partial charge in [-0.2, -0.15) is 0 Å². The fourth-order valence-corrected chi connectivity index (χ4v) is 3.27. The quantitative estimate of drug-likeness (QED) is 0.802. The van der Waals surface area contributed by atoms with Gasteiger partial charge >= 0.3 is 0 Å². The van der Waals surface area contributed by atoms with Crippen LogP contribution >= 0.6 is 0 Å². The summed E-state index contributed by atoms with van der Waals surface area (Å²) in [7, 11) is 0. The lowest BCUT2D eigenvalue weighted by Gasteiger charge is -2.36. The number of nitrogens with one attached hydrogen (secondary N) is 1. The number of rotatable bonds is 6. The number of benzene rings is 2. The molecule has 1 unspecified atom stereocenters. The van der Waals surface area contributed by atoms with Crippen molar-refractivity contribution < 1.29 is 14.3 Å². The van der Waals surface area contributed by atoms with E-state index in [1.165, 1.54) is 6.08 Å². The van der Waals surface area contributed by atoms with Crippen LogP contribution in [-0.2, 0) is 27.3 Å². The predicted molar refractivity (Wildman–Crippen MR) is 104 cm³/mol. The van der Waals surface area contributed by atoms with Crippen molar-refractivity contribution in [1.82, 2.24) is 10.2 Å². The maximum atomic E-state index is 13.1. The lowest BCUT2D eigenvalue weighted by atomic mass is 10.0. The van der Waals surface area contributed by atoms with Gasteiger partial charge in [-0.05, 0) is 22.8 Å². The molecule has 2 aromatic carbocycles. The van der Waals surface area contributed by atoms with E-state index < -0.39 is 0 Å². The van der Waals surface area contributed by atoms with Gasteiger partial charge in [-0.1, -0.05) is 61.2 Å². The lowest BCUT2D eigenvalue weighted by Crippen LogP contribution is -2.44. The number of carbonyl (C=O) groups excluding carboxylic acids is 2. The number of carbonyl (C=O) groups is 2. The Labute approximate surface area is 159 Å². The second kappa shape index (κ2) is 9.14. The van der Waals surface area contributed by atoms with Gasteiger partial charge in [0, 0.05) is 13.1 Å². The van der Waals surface area contributed by atoms with Gasteiger partial charge in [-0.3, -0.25) is 9.59 Å². The van der Waals surface area contributed by atoms with Crippen LogP contribution in [0.1, 0.15) is 22.7 Å². The molecule has 1 heterocycles. The molecule has 3 rings (SSSR count). The van der Waals surface area contributed by atoms with Crippen molar-refractivity contribution >= 4 is 11.8 Å². The maximum absolute atomic E-state index is 13.1. The Hall–Kier alpha value is -2.92. The molecule has 2 aromatic rings. The van der Waals surface area contributed by atoms with Crippen LogP contribution in [0.2, 0.25) is 0 Å².